The van der Waals surface area contributed by atoms with E-state index in [4.69, 9.17) is 0 Å². The summed E-state index contributed by atoms with van der Waals surface area (Å²) < 4.78 is 0. The molecule has 1 fully saturated rings. The maximum Gasteiger partial charge on any atom is 0.241 e. The van der Waals surface area contributed by atoms with E-state index < -0.39 is 0 Å². The lowest BCUT2D eigenvalue weighted by atomic mass is 10.0. The molecule has 5 nitrogen and oxygen atoms in total. The molecule has 4 rings (SSSR count). The number of hydrogen-bond acceptors (Lipinski definition) is 4. The van der Waals surface area contributed by atoms with Gasteiger partial charge in [-0.2, -0.15) is 0 Å². The van der Waals surface area contributed by atoms with Crippen molar-refractivity contribution in [3.05, 3.63) is 95.8 Å². The number of rotatable bonds is 5. The van der Waals surface area contributed by atoms with Crippen molar-refractivity contribution in [3.8, 4) is 0 Å². The van der Waals surface area contributed by atoms with E-state index in [0.717, 1.165) is 18.4 Å². The minimum absolute atomic E-state index is 0.0627. The number of benzene rings is 2. The first-order chi connectivity index (χ1) is 13.7. The number of pyridine rings is 1. The van der Waals surface area contributed by atoms with Crippen LogP contribution in [-0.2, 0) is 4.79 Å². The highest BCUT2D eigenvalue weighted by Crippen LogP contribution is 2.26. The van der Waals surface area contributed by atoms with Crippen LogP contribution in [0.3, 0.4) is 0 Å². The van der Waals surface area contributed by atoms with Crippen molar-refractivity contribution in [1.29, 1.82) is 0 Å². The van der Waals surface area contributed by atoms with Gasteiger partial charge in [0, 0.05) is 35.2 Å². The van der Waals surface area contributed by atoms with Gasteiger partial charge in [0.1, 0.15) is 0 Å². The summed E-state index contributed by atoms with van der Waals surface area (Å²) in [6.07, 6.45) is 5.22. The number of aromatic nitrogens is 1. The van der Waals surface area contributed by atoms with Gasteiger partial charge in [0.25, 0.3) is 0 Å². The molecule has 1 amide bonds. The quantitative estimate of drug-likeness (QED) is 0.670. The number of amides is 1. The smallest absolute Gasteiger partial charge is 0.241 e. The first kappa shape index (κ1) is 18.1. The van der Waals surface area contributed by atoms with Gasteiger partial charge in [0.05, 0.1) is 6.04 Å². The van der Waals surface area contributed by atoms with Crippen LogP contribution in [-0.4, -0.2) is 22.7 Å². The molecule has 2 N–H and O–H groups in total. The highest BCUT2D eigenvalue weighted by atomic mass is 16.2. The van der Waals surface area contributed by atoms with Crippen molar-refractivity contribution >= 4 is 17.4 Å². The first-order valence-electron chi connectivity index (χ1n) is 9.37. The molecule has 3 aromatic rings. The Labute approximate surface area is 163 Å². The molecule has 0 radical (unpaired) electrons. The molecular formula is C23H21N3O2. The fourth-order valence-electron chi connectivity index (χ4n) is 3.52. The Morgan fingerprint density at radius 2 is 1.75 bits per heavy atom. The van der Waals surface area contributed by atoms with E-state index in [0.29, 0.717) is 16.8 Å². The molecule has 1 saturated heterocycles. The van der Waals surface area contributed by atoms with Crippen LogP contribution in [0.1, 0.15) is 40.4 Å². The van der Waals surface area contributed by atoms with Crippen LogP contribution in [0.2, 0.25) is 0 Å². The molecule has 5 heteroatoms. The third-order valence-corrected chi connectivity index (χ3v) is 4.98. The second-order valence-corrected chi connectivity index (χ2v) is 6.90. The van der Waals surface area contributed by atoms with Gasteiger partial charge in [-0.3, -0.25) is 19.9 Å². The summed E-state index contributed by atoms with van der Waals surface area (Å²) in [4.78, 5) is 29.4. The standard InChI is InChI=1S/C23H21N3O2/c27-22(16-6-2-1-3-7-16)17-8-4-10-19(14-17)25-23(28)21-12-11-20(26-21)18-9-5-13-24-15-18/h1-10,13-15,20-21,26H,11-12H2,(H,25,28)/t20-,21?/m0/s1. The molecule has 0 bridgehead atoms. The van der Waals surface area contributed by atoms with Crippen molar-refractivity contribution in [2.45, 2.75) is 24.9 Å². The minimum atomic E-state index is -0.265. The van der Waals surface area contributed by atoms with Crippen LogP contribution >= 0.6 is 0 Å². The molecule has 2 aromatic carbocycles. The van der Waals surface area contributed by atoms with E-state index in [1.54, 1.807) is 42.6 Å². The molecule has 1 aliphatic heterocycles. The van der Waals surface area contributed by atoms with Crippen LogP contribution in [0.5, 0.6) is 0 Å². The SMILES string of the molecule is O=C(c1ccccc1)c1cccc(NC(=O)C2CC[C@@H](c3cccnc3)N2)c1. The number of hydrogen-bond donors (Lipinski definition) is 2. The predicted octanol–water partition coefficient (Wildman–Crippen LogP) is 3.74. The zero-order chi connectivity index (χ0) is 19.3. The van der Waals surface area contributed by atoms with Gasteiger partial charge in [0.15, 0.2) is 5.78 Å². The van der Waals surface area contributed by atoms with Crippen LogP contribution < -0.4 is 10.6 Å². The molecule has 140 valence electrons. The Hall–Kier alpha value is -3.31. The van der Waals surface area contributed by atoms with E-state index in [1.165, 1.54) is 0 Å². The van der Waals surface area contributed by atoms with Crippen molar-refractivity contribution in [3.63, 3.8) is 0 Å². The monoisotopic (exact) mass is 371 g/mol. The molecule has 1 aliphatic rings. The maximum atomic E-state index is 12.7. The summed E-state index contributed by atoms with van der Waals surface area (Å²) in [5.74, 6) is -0.150. The largest absolute Gasteiger partial charge is 0.325 e. The maximum absolute atomic E-state index is 12.7. The van der Waals surface area contributed by atoms with Gasteiger partial charge in [-0.15, -0.1) is 0 Å². The molecule has 2 atom stereocenters. The van der Waals surface area contributed by atoms with Crippen LogP contribution in [0, 0.1) is 0 Å². The first-order valence-corrected chi connectivity index (χ1v) is 9.37. The summed E-state index contributed by atoms with van der Waals surface area (Å²) in [7, 11) is 0. The molecule has 0 spiro atoms. The zero-order valence-corrected chi connectivity index (χ0v) is 15.3. The predicted molar refractivity (Wildman–Crippen MR) is 108 cm³/mol. The van der Waals surface area contributed by atoms with E-state index in [1.807, 2.05) is 36.5 Å². The normalized spacial score (nSPS) is 18.6. The third-order valence-electron chi connectivity index (χ3n) is 4.98. The topological polar surface area (TPSA) is 71.1 Å². The minimum Gasteiger partial charge on any atom is -0.325 e. The van der Waals surface area contributed by atoms with Crippen LogP contribution in [0.4, 0.5) is 5.69 Å². The summed E-state index contributed by atoms with van der Waals surface area (Å²) in [6.45, 7) is 0. The lowest BCUT2D eigenvalue weighted by molar-refractivity contribution is -0.117. The van der Waals surface area contributed by atoms with Crippen molar-refractivity contribution < 1.29 is 9.59 Å². The van der Waals surface area contributed by atoms with Crippen LogP contribution in [0.15, 0.2) is 79.1 Å². The Kier molecular flexibility index (Phi) is 5.26. The van der Waals surface area contributed by atoms with Gasteiger partial charge in [-0.05, 0) is 36.6 Å². The van der Waals surface area contributed by atoms with Gasteiger partial charge < -0.3 is 5.32 Å². The summed E-state index contributed by atoms with van der Waals surface area (Å²) in [5.41, 5.74) is 2.89. The number of anilines is 1. The second-order valence-electron chi connectivity index (χ2n) is 6.90. The molecule has 0 aliphatic carbocycles. The second kappa shape index (κ2) is 8.15. The number of carbonyl (C=O) groups is 2. The number of ketones is 1. The molecule has 1 aromatic heterocycles. The third kappa shape index (κ3) is 4.00. The van der Waals surface area contributed by atoms with Crippen molar-refractivity contribution in [1.82, 2.24) is 10.3 Å². The Balaban J connectivity index is 1.42. The Morgan fingerprint density at radius 3 is 2.54 bits per heavy atom. The average Bonchev–Trinajstić information content (AvgIpc) is 3.25. The van der Waals surface area contributed by atoms with E-state index in [9.17, 15) is 9.59 Å². The summed E-state index contributed by atoms with van der Waals surface area (Å²) >= 11 is 0. The van der Waals surface area contributed by atoms with Crippen LogP contribution in [0.25, 0.3) is 0 Å². The highest BCUT2D eigenvalue weighted by molar-refractivity contribution is 6.09. The lowest BCUT2D eigenvalue weighted by Crippen LogP contribution is -2.36. The Bertz CT molecular complexity index is 973. The lowest BCUT2D eigenvalue weighted by Gasteiger charge is -2.15. The van der Waals surface area contributed by atoms with Gasteiger partial charge in [-0.25, -0.2) is 0 Å². The molecule has 1 unspecified atom stereocenters. The van der Waals surface area contributed by atoms with E-state index >= 15 is 0 Å². The van der Waals surface area contributed by atoms with Gasteiger partial charge in [-0.1, -0.05) is 48.5 Å². The number of carbonyl (C=O) groups excluding carboxylic acids is 2. The summed E-state index contributed by atoms with van der Waals surface area (Å²) in [6, 6.07) is 20.0. The van der Waals surface area contributed by atoms with Gasteiger partial charge in [0.2, 0.25) is 5.91 Å². The molecule has 0 saturated carbocycles. The van der Waals surface area contributed by atoms with E-state index in [-0.39, 0.29) is 23.8 Å². The van der Waals surface area contributed by atoms with E-state index in [2.05, 4.69) is 15.6 Å². The highest BCUT2D eigenvalue weighted by Gasteiger charge is 2.30. The number of nitrogens with one attached hydrogen (secondary N) is 2. The number of nitrogens with zero attached hydrogens (tertiary/aromatic N) is 1. The molecule has 28 heavy (non-hydrogen) atoms. The molecule has 2 heterocycles. The Morgan fingerprint density at radius 1 is 0.929 bits per heavy atom. The fourth-order valence-corrected chi connectivity index (χ4v) is 3.52. The van der Waals surface area contributed by atoms with Crippen molar-refractivity contribution in [2.75, 3.05) is 5.32 Å². The van der Waals surface area contributed by atoms with Crippen molar-refractivity contribution in [2.24, 2.45) is 0 Å². The average molecular weight is 371 g/mol. The zero-order valence-electron chi connectivity index (χ0n) is 15.3. The van der Waals surface area contributed by atoms with Gasteiger partial charge >= 0.3 is 0 Å². The fraction of sp³-hybridized carbons (Fsp3) is 0.174. The molecular weight excluding hydrogens is 350 g/mol. The summed E-state index contributed by atoms with van der Waals surface area (Å²) in [5, 5.41) is 6.30.